The van der Waals surface area contributed by atoms with Crippen LogP contribution in [0.5, 0.6) is 5.75 Å². The molecule has 0 saturated heterocycles. The van der Waals surface area contributed by atoms with E-state index >= 15 is 0 Å². The fraction of sp³-hybridized carbons (Fsp3) is 0.167. The summed E-state index contributed by atoms with van der Waals surface area (Å²) in [5.41, 5.74) is 0.719. The molecule has 0 atom stereocenters. The van der Waals surface area contributed by atoms with Gasteiger partial charge >= 0.3 is 6.61 Å². The third-order valence-electron chi connectivity index (χ3n) is 2.24. The number of alkyl halides is 2. The van der Waals surface area contributed by atoms with E-state index in [-0.39, 0.29) is 10.8 Å². The molecule has 1 N–H and O–H groups in total. The standard InChI is InChI=1S/C12H9Cl2F2NOS/c13-9-5-7(1-3-10(9)18-12(15)16)17-6-8-2-4-11(14)19-8/h1-5,12,17H,6H2. The lowest BCUT2D eigenvalue weighted by atomic mass is 10.3. The number of anilines is 1. The first-order chi connectivity index (χ1) is 9.04. The highest BCUT2D eigenvalue weighted by molar-refractivity contribution is 7.16. The van der Waals surface area contributed by atoms with Gasteiger partial charge in [0.25, 0.3) is 0 Å². The smallest absolute Gasteiger partial charge is 0.387 e. The number of hydrogen-bond donors (Lipinski definition) is 1. The molecular formula is C12H9Cl2F2NOS. The summed E-state index contributed by atoms with van der Waals surface area (Å²) in [5.74, 6) is -0.0404. The van der Waals surface area contributed by atoms with E-state index in [1.54, 1.807) is 6.07 Å². The maximum atomic E-state index is 12.1. The molecule has 0 fully saturated rings. The summed E-state index contributed by atoms with van der Waals surface area (Å²) in [6, 6.07) is 8.29. The summed E-state index contributed by atoms with van der Waals surface area (Å²) in [6.07, 6.45) is 0. The molecule has 102 valence electrons. The Morgan fingerprint density at radius 1 is 1.21 bits per heavy atom. The van der Waals surface area contributed by atoms with Gasteiger partial charge in [0.05, 0.1) is 9.36 Å². The number of hydrogen-bond acceptors (Lipinski definition) is 3. The van der Waals surface area contributed by atoms with Crippen molar-refractivity contribution in [2.45, 2.75) is 13.2 Å². The van der Waals surface area contributed by atoms with Crippen molar-refractivity contribution in [1.82, 2.24) is 0 Å². The van der Waals surface area contributed by atoms with Crippen molar-refractivity contribution in [2.24, 2.45) is 0 Å². The average molecular weight is 324 g/mol. The molecule has 0 amide bonds. The predicted octanol–water partition coefficient (Wildman–Crippen LogP) is 5.27. The Labute approximate surface area is 122 Å². The van der Waals surface area contributed by atoms with Crippen LogP contribution in [0.2, 0.25) is 9.36 Å². The van der Waals surface area contributed by atoms with Crippen molar-refractivity contribution < 1.29 is 13.5 Å². The zero-order chi connectivity index (χ0) is 13.8. The lowest BCUT2D eigenvalue weighted by Crippen LogP contribution is -2.03. The lowest BCUT2D eigenvalue weighted by molar-refractivity contribution is -0.0497. The van der Waals surface area contributed by atoms with Crippen LogP contribution in [-0.2, 0) is 6.54 Å². The molecule has 2 nitrogen and oxygen atoms in total. The molecule has 0 aliphatic rings. The second-order valence-electron chi connectivity index (χ2n) is 3.58. The zero-order valence-electron chi connectivity index (χ0n) is 9.50. The molecule has 0 spiro atoms. The number of halogens is 4. The Morgan fingerprint density at radius 3 is 2.58 bits per heavy atom. The van der Waals surface area contributed by atoms with Crippen LogP contribution in [0.4, 0.5) is 14.5 Å². The molecule has 0 bridgehead atoms. The molecule has 7 heteroatoms. The van der Waals surface area contributed by atoms with Crippen molar-refractivity contribution in [3.05, 3.63) is 44.6 Å². The third kappa shape index (κ3) is 4.23. The van der Waals surface area contributed by atoms with E-state index in [9.17, 15) is 8.78 Å². The van der Waals surface area contributed by atoms with Gasteiger partial charge in [-0.25, -0.2) is 0 Å². The van der Waals surface area contributed by atoms with Crippen LogP contribution < -0.4 is 10.1 Å². The Balaban J connectivity index is 1.99. The number of thiophene rings is 1. The predicted molar refractivity (Wildman–Crippen MR) is 74.7 cm³/mol. The second-order valence-corrected chi connectivity index (χ2v) is 5.79. The molecule has 19 heavy (non-hydrogen) atoms. The Hall–Kier alpha value is -1.04. The molecule has 2 rings (SSSR count). The van der Waals surface area contributed by atoms with Gasteiger partial charge in [0.2, 0.25) is 0 Å². The third-order valence-corrected chi connectivity index (χ3v) is 3.77. The van der Waals surface area contributed by atoms with Gasteiger partial charge in [0, 0.05) is 17.1 Å². The second kappa shape index (κ2) is 6.41. The molecular weight excluding hydrogens is 315 g/mol. The van der Waals surface area contributed by atoms with Crippen LogP contribution in [0.25, 0.3) is 0 Å². The highest BCUT2D eigenvalue weighted by Crippen LogP contribution is 2.29. The van der Waals surface area contributed by atoms with Crippen molar-refractivity contribution >= 4 is 40.2 Å². The largest absolute Gasteiger partial charge is 0.433 e. The minimum absolute atomic E-state index is 0.0404. The molecule has 2 aromatic rings. The highest BCUT2D eigenvalue weighted by Gasteiger charge is 2.09. The molecule has 1 heterocycles. The van der Waals surface area contributed by atoms with Crippen LogP contribution >= 0.6 is 34.5 Å². The molecule has 0 unspecified atom stereocenters. The average Bonchev–Trinajstić information content (AvgIpc) is 2.75. The molecule has 1 aromatic carbocycles. The Kier molecular flexibility index (Phi) is 4.85. The van der Waals surface area contributed by atoms with Gasteiger partial charge < -0.3 is 10.1 Å². The van der Waals surface area contributed by atoms with Gasteiger partial charge in [0.15, 0.2) is 0 Å². The van der Waals surface area contributed by atoms with E-state index in [1.165, 1.54) is 23.5 Å². The number of benzene rings is 1. The Bertz CT molecular complexity index is 562. The summed E-state index contributed by atoms with van der Waals surface area (Å²) in [7, 11) is 0. The van der Waals surface area contributed by atoms with Crippen molar-refractivity contribution in [1.29, 1.82) is 0 Å². The minimum atomic E-state index is -2.88. The lowest BCUT2D eigenvalue weighted by Gasteiger charge is -2.09. The zero-order valence-corrected chi connectivity index (χ0v) is 11.8. The number of nitrogens with one attached hydrogen (secondary N) is 1. The summed E-state index contributed by atoms with van der Waals surface area (Å²) in [6.45, 7) is -2.30. The van der Waals surface area contributed by atoms with Gasteiger partial charge in [-0.2, -0.15) is 8.78 Å². The van der Waals surface area contributed by atoms with Crippen LogP contribution in [0.15, 0.2) is 30.3 Å². The first kappa shape index (κ1) is 14.4. The van der Waals surface area contributed by atoms with Crippen molar-refractivity contribution in [2.75, 3.05) is 5.32 Å². The summed E-state index contributed by atoms with van der Waals surface area (Å²) in [4.78, 5) is 1.06. The van der Waals surface area contributed by atoms with Gasteiger partial charge in [-0.15, -0.1) is 11.3 Å². The minimum Gasteiger partial charge on any atom is -0.433 e. The van der Waals surface area contributed by atoms with Crippen molar-refractivity contribution in [3.63, 3.8) is 0 Å². The van der Waals surface area contributed by atoms with Crippen LogP contribution in [0.1, 0.15) is 4.88 Å². The van der Waals surface area contributed by atoms with Crippen LogP contribution in [-0.4, -0.2) is 6.61 Å². The normalized spacial score (nSPS) is 10.8. The SMILES string of the molecule is FC(F)Oc1ccc(NCc2ccc(Cl)s2)cc1Cl. The van der Waals surface area contributed by atoms with E-state index < -0.39 is 6.61 Å². The van der Waals surface area contributed by atoms with E-state index in [0.717, 1.165) is 14.9 Å². The molecule has 0 radical (unpaired) electrons. The summed E-state index contributed by atoms with van der Waals surface area (Å²) < 4.78 is 29.1. The van der Waals surface area contributed by atoms with Gasteiger partial charge in [-0.1, -0.05) is 23.2 Å². The molecule has 0 aliphatic heterocycles. The number of rotatable bonds is 5. The highest BCUT2D eigenvalue weighted by atomic mass is 35.5. The fourth-order valence-electron chi connectivity index (χ4n) is 1.44. The van der Waals surface area contributed by atoms with Gasteiger partial charge in [0.1, 0.15) is 5.75 Å². The van der Waals surface area contributed by atoms with Crippen LogP contribution in [0.3, 0.4) is 0 Å². The van der Waals surface area contributed by atoms with Gasteiger partial charge in [-0.3, -0.25) is 0 Å². The van der Waals surface area contributed by atoms with E-state index in [1.807, 2.05) is 12.1 Å². The fourth-order valence-corrected chi connectivity index (χ4v) is 2.69. The maximum Gasteiger partial charge on any atom is 0.387 e. The molecule has 0 aliphatic carbocycles. The summed E-state index contributed by atoms with van der Waals surface area (Å²) >= 11 is 13.1. The van der Waals surface area contributed by atoms with Crippen LogP contribution in [0, 0.1) is 0 Å². The topological polar surface area (TPSA) is 21.3 Å². The Morgan fingerprint density at radius 2 is 2.00 bits per heavy atom. The van der Waals surface area contributed by atoms with E-state index in [4.69, 9.17) is 23.2 Å². The molecule has 1 aromatic heterocycles. The van der Waals surface area contributed by atoms with E-state index in [0.29, 0.717) is 6.54 Å². The molecule has 0 saturated carbocycles. The summed E-state index contributed by atoms with van der Waals surface area (Å²) in [5, 5.41) is 3.25. The first-order valence-electron chi connectivity index (χ1n) is 5.27. The monoisotopic (exact) mass is 323 g/mol. The number of ether oxygens (including phenoxy) is 1. The maximum absolute atomic E-state index is 12.1. The van der Waals surface area contributed by atoms with Crippen molar-refractivity contribution in [3.8, 4) is 5.75 Å². The van der Waals surface area contributed by atoms with Gasteiger partial charge in [-0.05, 0) is 30.3 Å². The first-order valence-corrected chi connectivity index (χ1v) is 6.84. The quantitative estimate of drug-likeness (QED) is 0.809. The van der Waals surface area contributed by atoms with E-state index in [2.05, 4.69) is 10.1 Å².